The maximum atomic E-state index is 5.95. The summed E-state index contributed by atoms with van der Waals surface area (Å²) in [5.41, 5.74) is 7.14. The minimum atomic E-state index is 0.220. The molecule has 0 aromatic carbocycles. The fourth-order valence-electron chi connectivity index (χ4n) is 2.16. The van der Waals surface area contributed by atoms with Gasteiger partial charge in [-0.2, -0.15) is 5.10 Å². The molecule has 1 aromatic rings. The maximum absolute atomic E-state index is 5.95. The van der Waals surface area contributed by atoms with E-state index in [-0.39, 0.29) is 6.04 Å². The molecular formula is C14H28N4O. The molecule has 2 N–H and O–H groups in total. The van der Waals surface area contributed by atoms with Gasteiger partial charge in [-0.15, -0.1) is 0 Å². The van der Waals surface area contributed by atoms with Gasteiger partial charge < -0.3 is 10.5 Å². The Bertz CT molecular complexity index is 351. The second kappa shape index (κ2) is 8.30. The van der Waals surface area contributed by atoms with Crippen LogP contribution in [0.25, 0.3) is 0 Å². The Labute approximate surface area is 116 Å². The van der Waals surface area contributed by atoms with E-state index in [4.69, 9.17) is 10.5 Å². The lowest BCUT2D eigenvalue weighted by Crippen LogP contribution is -2.36. The lowest BCUT2D eigenvalue weighted by Gasteiger charge is -2.29. The summed E-state index contributed by atoms with van der Waals surface area (Å²) in [4.78, 5) is 2.34. The first-order valence-electron chi connectivity index (χ1n) is 7.19. The molecule has 0 saturated heterocycles. The molecule has 19 heavy (non-hydrogen) atoms. The number of hydrogen-bond donors (Lipinski definition) is 1. The SMILES string of the molecule is CCOCCN(CC)C(CN)c1cnn(C(C)C)c1. The summed E-state index contributed by atoms with van der Waals surface area (Å²) in [7, 11) is 0. The minimum absolute atomic E-state index is 0.220. The van der Waals surface area contributed by atoms with Crippen molar-refractivity contribution in [1.82, 2.24) is 14.7 Å². The summed E-state index contributed by atoms with van der Waals surface area (Å²) in [6.45, 7) is 12.4. The van der Waals surface area contributed by atoms with Crippen LogP contribution in [0.1, 0.15) is 45.3 Å². The van der Waals surface area contributed by atoms with Gasteiger partial charge in [0.15, 0.2) is 0 Å². The van der Waals surface area contributed by atoms with Gasteiger partial charge in [0.25, 0.3) is 0 Å². The number of ether oxygens (including phenoxy) is 1. The van der Waals surface area contributed by atoms with Gasteiger partial charge in [-0.3, -0.25) is 9.58 Å². The molecule has 5 nitrogen and oxygen atoms in total. The zero-order chi connectivity index (χ0) is 14.3. The molecule has 0 aliphatic heterocycles. The van der Waals surface area contributed by atoms with E-state index in [0.717, 1.165) is 26.3 Å². The molecule has 0 aliphatic rings. The van der Waals surface area contributed by atoms with Gasteiger partial charge >= 0.3 is 0 Å². The largest absolute Gasteiger partial charge is 0.380 e. The highest BCUT2D eigenvalue weighted by Crippen LogP contribution is 2.19. The second-order valence-corrected chi connectivity index (χ2v) is 4.92. The van der Waals surface area contributed by atoms with Crippen molar-refractivity contribution in [3.8, 4) is 0 Å². The quantitative estimate of drug-likeness (QED) is 0.694. The van der Waals surface area contributed by atoms with Gasteiger partial charge in [-0.1, -0.05) is 6.92 Å². The van der Waals surface area contributed by atoms with E-state index in [9.17, 15) is 0 Å². The van der Waals surface area contributed by atoms with Crippen LogP contribution in [-0.2, 0) is 4.74 Å². The van der Waals surface area contributed by atoms with Crippen LogP contribution in [0.3, 0.4) is 0 Å². The van der Waals surface area contributed by atoms with Crippen molar-refractivity contribution in [3.05, 3.63) is 18.0 Å². The Hall–Kier alpha value is -0.910. The van der Waals surface area contributed by atoms with Gasteiger partial charge in [0.2, 0.25) is 0 Å². The van der Waals surface area contributed by atoms with Crippen molar-refractivity contribution >= 4 is 0 Å². The van der Waals surface area contributed by atoms with Crippen molar-refractivity contribution in [1.29, 1.82) is 0 Å². The molecule has 1 heterocycles. The Morgan fingerprint density at radius 2 is 2.16 bits per heavy atom. The summed E-state index contributed by atoms with van der Waals surface area (Å²) >= 11 is 0. The third-order valence-electron chi connectivity index (χ3n) is 3.33. The van der Waals surface area contributed by atoms with Crippen molar-refractivity contribution < 1.29 is 4.74 Å². The number of nitrogens with zero attached hydrogens (tertiary/aromatic N) is 3. The lowest BCUT2D eigenvalue weighted by atomic mass is 10.1. The van der Waals surface area contributed by atoms with Crippen LogP contribution in [0.15, 0.2) is 12.4 Å². The summed E-state index contributed by atoms with van der Waals surface area (Å²) in [6, 6.07) is 0.601. The monoisotopic (exact) mass is 268 g/mol. The molecule has 110 valence electrons. The Kier molecular flexibility index (Phi) is 7.05. The topological polar surface area (TPSA) is 56.3 Å². The van der Waals surface area contributed by atoms with E-state index in [1.165, 1.54) is 5.56 Å². The Morgan fingerprint density at radius 3 is 2.63 bits per heavy atom. The molecule has 0 saturated carbocycles. The van der Waals surface area contributed by atoms with Crippen LogP contribution in [0, 0.1) is 0 Å². The van der Waals surface area contributed by atoms with Crippen molar-refractivity contribution in [2.75, 3.05) is 32.8 Å². The number of nitrogens with two attached hydrogens (primary N) is 1. The van der Waals surface area contributed by atoms with E-state index in [2.05, 4.69) is 37.0 Å². The van der Waals surface area contributed by atoms with Crippen molar-refractivity contribution in [2.24, 2.45) is 5.73 Å². The highest BCUT2D eigenvalue weighted by atomic mass is 16.5. The van der Waals surface area contributed by atoms with Gasteiger partial charge in [0.1, 0.15) is 0 Å². The lowest BCUT2D eigenvalue weighted by molar-refractivity contribution is 0.0980. The number of rotatable bonds is 9. The summed E-state index contributed by atoms with van der Waals surface area (Å²) in [5, 5.41) is 4.40. The van der Waals surface area contributed by atoms with Crippen LogP contribution in [-0.4, -0.2) is 47.5 Å². The molecule has 1 atom stereocenters. The normalized spacial score (nSPS) is 13.4. The molecule has 0 fully saturated rings. The number of hydrogen-bond acceptors (Lipinski definition) is 4. The second-order valence-electron chi connectivity index (χ2n) is 4.92. The average Bonchev–Trinajstić information content (AvgIpc) is 2.87. The first kappa shape index (κ1) is 16.1. The molecular weight excluding hydrogens is 240 g/mol. The van der Waals surface area contributed by atoms with Crippen LogP contribution in [0.2, 0.25) is 0 Å². The molecule has 5 heteroatoms. The van der Waals surface area contributed by atoms with E-state index in [0.29, 0.717) is 12.6 Å². The smallest absolute Gasteiger partial charge is 0.0593 e. The van der Waals surface area contributed by atoms with Gasteiger partial charge in [0, 0.05) is 37.5 Å². The van der Waals surface area contributed by atoms with E-state index in [1.807, 2.05) is 17.8 Å². The first-order chi connectivity index (χ1) is 9.13. The molecule has 0 radical (unpaired) electrons. The van der Waals surface area contributed by atoms with Gasteiger partial charge in [0.05, 0.1) is 18.8 Å². The van der Waals surface area contributed by atoms with Crippen LogP contribution in [0.5, 0.6) is 0 Å². The molecule has 1 unspecified atom stereocenters. The Balaban J connectivity index is 2.72. The fraction of sp³-hybridized carbons (Fsp3) is 0.786. The van der Waals surface area contributed by atoms with Crippen LogP contribution >= 0.6 is 0 Å². The zero-order valence-corrected chi connectivity index (χ0v) is 12.7. The van der Waals surface area contributed by atoms with E-state index in [1.54, 1.807) is 0 Å². The third kappa shape index (κ3) is 4.60. The molecule has 0 amide bonds. The highest BCUT2D eigenvalue weighted by Gasteiger charge is 2.19. The summed E-state index contributed by atoms with van der Waals surface area (Å²) in [5.74, 6) is 0. The van der Waals surface area contributed by atoms with Crippen LogP contribution in [0.4, 0.5) is 0 Å². The standard InChI is InChI=1S/C14H28N4O/c1-5-17(7-8-19-6-2)14(9-15)13-10-16-18(11-13)12(3)4/h10-12,14H,5-9,15H2,1-4H3. The van der Waals surface area contributed by atoms with Crippen molar-refractivity contribution in [2.45, 2.75) is 39.8 Å². The third-order valence-corrected chi connectivity index (χ3v) is 3.33. The highest BCUT2D eigenvalue weighted by molar-refractivity contribution is 5.11. The predicted octanol–water partition coefficient (Wildman–Crippen LogP) is 1.82. The molecule has 0 aliphatic carbocycles. The minimum Gasteiger partial charge on any atom is -0.380 e. The molecule has 1 aromatic heterocycles. The summed E-state index contributed by atoms with van der Waals surface area (Å²) < 4.78 is 7.42. The molecule has 1 rings (SSSR count). The van der Waals surface area contributed by atoms with Crippen molar-refractivity contribution in [3.63, 3.8) is 0 Å². The number of aromatic nitrogens is 2. The number of likely N-dealkylation sites (N-methyl/N-ethyl adjacent to an activating group) is 1. The molecule has 0 spiro atoms. The molecule has 0 bridgehead atoms. The van der Waals surface area contributed by atoms with Gasteiger partial charge in [-0.25, -0.2) is 0 Å². The fourth-order valence-corrected chi connectivity index (χ4v) is 2.16. The van der Waals surface area contributed by atoms with Crippen LogP contribution < -0.4 is 5.73 Å². The van der Waals surface area contributed by atoms with E-state index < -0.39 is 0 Å². The summed E-state index contributed by atoms with van der Waals surface area (Å²) in [6.07, 6.45) is 4.03. The maximum Gasteiger partial charge on any atom is 0.0593 e. The predicted molar refractivity (Wildman–Crippen MR) is 78.1 cm³/mol. The average molecular weight is 268 g/mol. The van der Waals surface area contributed by atoms with E-state index >= 15 is 0 Å². The zero-order valence-electron chi connectivity index (χ0n) is 12.7. The van der Waals surface area contributed by atoms with Gasteiger partial charge in [-0.05, 0) is 27.3 Å². The first-order valence-corrected chi connectivity index (χ1v) is 7.19. The Morgan fingerprint density at radius 1 is 1.42 bits per heavy atom.